The number of anilines is 3. The smallest absolute Gasteiger partial charge is 0.278 e. The van der Waals surface area contributed by atoms with E-state index in [2.05, 4.69) is 40.7 Å². The number of benzene rings is 3. The van der Waals surface area contributed by atoms with Gasteiger partial charge in [0.1, 0.15) is 17.3 Å². The van der Waals surface area contributed by atoms with E-state index in [0.29, 0.717) is 41.5 Å². The molecular formula is C33H33BrFN7O4. The van der Waals surface area contributed by atoms with Crippen molar-refractivity contribution in [3.8, 4) is 17.2 Å². The Morgan fingerprint density at radius 3 is 2.28 bits per heavy atom. The Bertz CT molecular complexity index is 1770. The van der Waals surface area contributed by atoms with Gasteiger partial charge in [0, 0.05) is 60.1 Å². The Hall–Kier alpha value is -4.75. The van der Waals surface area contributed by atoms with Gasteiger partial charge in [-0.15, -0.1) is 0 Å². The van der Waals surface area contributed by atoms with Crippen LogP contribution in [0.3, 0.4) is 0 Å². The maximum absolute atomic E-state index is 13.8. The predicted molar refractivity (Wildman–Crippen MR) is 178 cm³/mol. The summed E-state index contributed by atoms with van der Waals surface area (Å²) in [5, 5.41) is 0. The molecule has 238 valence electrons. The molecule has 0 radical (unpaired) electrons. The number of halogens is 2. The fourth-order valence-corrected chi connectivity index (χ4v) is 6.05. The van der Waals surface area contributed by atoms with E-state index >= 15 is 0 Å². The molecule has 13 heteroatoms. The first kappa shape index (κ1) is 31.2. The molecule has 2 aliphatic heterocycles. The Labute approximate surface area is 274 Å². The lowest BCUT2D eigenvalue weighted by atomic mass is 10.1. The first-order valence-corrected chi connectivity index (χ1v) is 15.4. The fourth-order valence-electron chi connectivity index (χ4n) is 5.69. The number of aromatic nitrogens is 2. The van der Waals surface area contributed by atoms with Crippen molar-refractivity contribution in [2.75, 3.05) is 69.7 Å². The monoisotopic (exact) mass is 689 g/mol. The van der Waals surface area contributed by atoms with E-state index in [0.717, 1.165) is 47.6 Å². The summed E-state index contributed by atoms with van der Waals surface area (Å²) in [5.41, 5.74) is 10.6. The highest BCUT2D eigenvalue weighted by Gasteiger charge is 2.36. The average Bonchev–Trinajstić information content (AvgIpc) is 3.31. The molecule has 0 bridgehead atoms. The molecule has 1 saturated heterocycles. The second kappa shape index (κ2) is 13.3. The molecule has 1 fully saturated rings. The van der Waals surface area contributed by atoms with Crippen LogP contribution in [0.15, 0.2) is 70.3 Å². The summed E-state index contributed by atoms with van der Waals surface area (Å²) in [6.07, 6.45) is 2.03. The Morgan fingerprint density at radius 2 is 1.65 bits per heavy atom. The van der Waals surface area contributed by atoms with E-state index in [1.807, 2.05) is 30.3 Å². The lowest BCUT2D eigenvalue weighted by Gasteiger charge is -2.37. The van der Waals surface area contributed by atoms with Gasteiger partial charge >= 0.3 is 0 Å². The summed E-state index contributed by atoms with van der Waals surface area (Å²) in [7, 11) is 4.67. The molecule has 0 atom stereocenters. The number of ether oxygens (including phenoxy) is 3. The van der Waals surface area contributed by atoms with Crippen molar-refractivity contribution in [3.05, 3.63) is 87.8 Å². The number of nitrogens with zero attached hydrogens (tertiary/aromatic N) is 6. The molecule has 0 unspecified atom stereocenters. The predicted octanol–water partition coefficient (Wildman–Crippen LogP) is 4.82. The summed E-state index contributed by atoms with van der Waals surface area (Å²) in [5.74, 6) is 1.41. The first-order chi connectivity index (χ1) is 22.3. The summed E-state index contributed by atoms with van der Waals surface area (Å²) in [6, 6.07) is 15.9. The van der Waals surface area contributed by atoms with Gasteiger partial charge in [0.2, 0.25) is 5.75 Å². The van der Waals surface area contributed by atoms with Crippen LogP contribution in [-0.2, 0) is 11.2 Å². The Morgan fingerprint density at radius 1 is 0.957 bits per heavy atom. The first-order valence-electron chi connectivity index (χ1n) is 14.6. The molecule has 0 aliphatic carbocycles. The van der Waals surface area contributed by atoms with Gasteiger partial charge in [-0.25, -0.2) is 14.4 Å². The van der Waals surface area contributed by atoms with Crippen molar-refractivity contribution in [2.45, 2.75) is 6.42 Å². The van der Waals surface area contributed by atoms with Gasteiger partial charge in [-0.1, -0.05) is 15.9 Å². The number of hydrogen-bond acceptors (Lipinski definition) is 10. The van der Waals surface area contributed by atoms with Crippen molar-refractivity contribution < 1.29 is 23.4 Å². The van der Waals surface area contributed by atoms with Crippen LogP contribution in [-0.4, -0.2) is 80.7 Å². The van der Waals surface area contributed by atoms with Gasteiger partial charge in [0.15, 0.2) is 11.5 Å². The molecular weight excluding hydrogens is 657 g/mol. The zero-order valence-corrected chi connectivity index (χ0v) is 27.3. The fraction of sp³-hybridized carbons (Fsp3) is 0.273. The number of carbonyl (C=O) groups is 1. The summed E-state index contributed by atoms with van der Waals surface area (Å²) in [6.45, 7) is 3.41. The van der Waals surface area contributed by atoms with Crippen LogP contribution in [0.4, 0.5) is 27.5 Å². The molecule has 0 saturated carbocycles. The number of nitrogen functional groups attached to an aromatic ring is 1. The Kier molecular flexibility index (Phi) is 9.04. The number of fused-ring (bicyclic) bond motifs is 1. The number of nitrogens with two attached hydrogens (primary N) is 1. The number of rotatable bonds is 9. The van der Waals surface area contributed by atoms with Crippen molar-refractivity contribution in [2.24, 2.45) is 4.99 Å². The lowest BCUT2D eigenvalue weighted by molar-refractivity contribution is -0.112. The second-order valence-corrected chi connectivity index (χ2v) is 11.8. The zero-order chi connectivity index (χ0) is 32.4. The average molecular weight is 691 g/mol. The molecule has 1 amide bonds. The van der Waals surface area contributed by atoms with Crippen molar-refractivity contribution in [1.82, 2.24) is 14.9 Å². The van der Waals surface area contributed by atoms with Gasteiger partial charge in [-0.3, -0.25) is 14.6 Å². The summed E-state index contributed by atoms with van der Waals surface area (Å²) >= 11 is 3.53. The van der Waals surface area contributed by atoms with Crippen LogP contribution in [0.2, 0.25) is 0 Å². The highest BCUT2D eigenvalue weighted by molar-refractivity contribution is 9.10. The molecule has 2 N–H and O–H groups in total. The van der Waals surface area contributed by atoms with Gasteiger partial charge in [-0.05, 0) is 60.2 Å². The lowest BCUT2D eigenvalue weighted by Crippen LogP contribution is -2.51. The van der Waals surface area contributed by atoms with E-state index in [1.165, 1.54) is 12.1 Å². The molecule has 3 heterocycles. The van der Waals surface area contributed by atoms with E-state index in [4.69, 9.17) is 19.9 Å². The molecule has 1 aromatic heterocycles. The Balaban J connectivity index is 1.20. The zero-order valence-electron chi connectivity index (χ0n) is 25.7. The summed E-state index contributed by atoms with van der Waals surface area (Å²) < 4.78 is 30.6. The maximum atomic E-state index is 13.8. The van der Waals surface area contributed by atoms with Crippen LogP contribution in [0.25, 0.3) is 0 Å². The topological polar surface area (TPSA) is 119 Å². The van der Waals surface area contributed by atoms with Crippen LogP contribution in [0.1, 0.15) is 16.7 Å². The normalized spacial score (nSPS) is 15.8. The van der Waals surface area contributed by atoms with Crippen molar-refractivity contribution in [3.63, 3.8) is 0 Å². The van der Waals surface area contributed by atoms with Gasteiger partial charge in [-0.2, -0.15) is 4.98 Å². The third kappa shape index (κ3) is 6.33. The van der Waals surface area contributed by atoms with Crippen LogP contribution < -0.4 is 29.7 Å². The molecule has 46 heavy (non-hydrogen) atoms. The minimum Gasteiger partial charge on any atom is -0.493 e. The van der Waals surface area contributed by atoms with Gasteiger partial charge in [0.05, 0.1) is 33.7 Å². The number of amides is 1. The standard InChI is InChI=1S/C33H33BrFN7O4/c1-44-27-15-20(16-28(45-2)30(27)46-3)14-21-18-37-33(39-31(21)36)38-29-25-17-22(34)4-9-26(25)42(32(29)43)19-40-10-12-41(13-11-40)24-7-5-23(35)6-8-24/h4-9,15-18H,10-14,19H2,1-3H3,(H2,36,37,39)/b38-29-. The van der Waals surface area contributed by atoms with Crippen molar-refractivity contribution in [1.29, 1.82) is 0 Å². The molecule has 4 aromatic rings. The molecule has 0 spiro atoms. The molecule has 2 aliphatic rings. The number of aliphatic imine (C=N–C) groups is 1. The van der Waals surface area contributed by atoms with Crippen LogP contribution in [0, 0.1) is 5.82 Å². The SMILES string of the molecule is COc1cc(Cc2cnc(/N=C3\C(=O)N(CN4CCN(c5ccc(F)cc5)CC4)c4ccc(Br)cc43)nc2N)cc(OC)c1OC. The van der Waals surface area contributed by atoms with Gasteiger partial charge in [0.25, 0.3) is 11.9 Å². The van der Waals surface area contributed by atoms with Crippen LogP contribution >= 0.6 is 15.9 Å². The van der Waals surface area contributed by atoms with E-state index in [9.17, 15) is 9.18 Å². The van der Waals surface area contributed by atoms with E-state index < -0.39 is 0 Å². The number of carbonyl (C=O) groups excluding carboxylic acids is 1. The van der Waals surface area contributed by atoms with Crippen molar-refractivity contribution >= 4 is 50.7 Å². The maximum Gasteiger partial charge on any atom is 0.278 e. The minimum absolute atomic E-state index is 0.0928. The highest BCUT2D eigenvalue weighted by Crippen LogP contribution is 2.39. The quantitative estimate of drug-likeness (QED) is 0.264. The van der Waals surface area contributed by atoms with Gasteiger partial charge < -0.3 is 24.8 Å². The highest BCUT2D eigenvalue weighted by atomic mass is 79.9. The third-order valence-corrected chi connectivity index (χ3v) is 8.57. The molecule has 6 rings (SSSR count). The summed E-state index contributed by atoms with van der Waals surface area (Å²) in [4.78, 5) is 33.5. The number of piperazine rings is 1. The van der Waals surface area contributed by atoms with E-state index in [-0.39, 0.29) is 29.2 Å². The minimum atomic E-state index is -0.252. The van der Waals surface area contributed by atoms with Crippen LogP contribution in [0.5, 0.6) is 17.2 Å². The second-order valence-electron chi connectivity index (χ2n) is 10.9. The number of methoxy groups -OCH3 is 3. The third-order valence-electron chi connectivity index (χ3n) is 8.07. The number of hydrogen-bond donors (Lipinski definition) is 1. The largest absolute Gasteiger partial charge is 0.493 e. The van der Waals surface area contributed by atoms with E-state index in [1.54, 1.807) is 44.6 Å². The molecule has 3 aromatic carbocycles. The molecule has 11 nitrogen and oxygen atoms in total.